The van der Waals surface area contributed by atoms with Gasteiger partial charge in [0.2, 0.25) is 5.91 Å². The lowest BCUT2D eigenvalue weighted by atomic mass is 10.1. The van der Waals surface area contributed by atoms with Crippen molar-refractivity contribution in [3.05, 3.63) is 58.9 Å². The van der Waals surface area contributed by atoms with E-state index in [0.717, 1.165) is 26.3 Å². The van der Waals surface area contributed by atoms with Crippen LogP contribution in [0.25, 0.3) is 0 Å². The van der Waals surface area contributed by atoms with Gasteiger partial charge in [0.15, 0.2) is 0 Å². The molecule has 5 nitrogen and oxygen atoms in total. The zero-order valence-electron chi connectivity index (χ0n) is 11.8. The highest BCUT2D eigenvalue weighted by atomic mass is 16.1. The van der Waals surface area contributed by atoms with Crippen molar-refractivity contribution in [2.75, 3.05) is 13.2 Å². The number of nitrogens with zero attached hydrogens (tertiary/aromatic N) is 3. The minimum absolute atomic E-state index is 0.331. The molecule has 1 aromatic carbocycles. The van der Waals surface area contributed by atoms with Crippen LogP contribution in [0.2, 0.25) is 0 Å². The average molecular weight is 282 g/mol. The fraction of sp³-hybridized carbons (Fsp3) is 0.312. The lowest BCUT2D eigenvalue weighted by Gasteiger charge is -2.44. The van der Waals surface area contributed by atoms with Crippen molar-refractivity contribution in [3.63, 3.8) is 0 Å². The highest BCUT2D eigenvalue weighted by Crippen LogP contribution is 2.30. The van der Waals surface area contributed by atoms with Gasteiger partial charge in [-0.15, -0.1) is 0 Å². The summed E-state index contributed by atoms with van der Waals surface area (Å²) < 4.78 is 0. The summed E-state index contributed by atoms with van der Waals surface area (Å²) in [5, 5.41) is 4.38. The highest BCUT2D eigenvalue weighted by Gasteiger charge is 2.32. The summed E-state index contributed by atoms with van der Waals surface area (Å²) in [6, 6.07) is 8.57. The first-order chi connectivity index (χ1) is 10.2. The Bertz CT molecular complexity index is 664. The van der Waals surface area contributed by atoms with Gasteiger partial charge in [0.25, 0.3) is 0 Å². The van der Waals surface area contributed by atoms with E-state index in [2.05, 4.69) is 45.3 Å². The van der Waals surface area contributed by atoms with Crippen molar-refractivity contribution in [3.8, 4) is 0 Å². The molecule has 5 heteroatoms. The van der Waals surface area contributed by atoms with Crippen LogP contribution < -0.4 is 5.73 Å². The number of carbonyl (C=O) groups excluding carboxylic acids is 1. The third-order valence-corrected chi connectivity index (χ3v) is 4.37. The van der Waals surface area contributed by atoms with Gasteiger partial charge in [-0.2, -0.15) is 5.01 Å². The molecular weight excluding hydrogens is 264 g/mol. The molecule has 0 aliphatic carbocycles. The molecular formula is C16H18N4O. The minimum Gasteiger partial charge on any atom is -0.366 e. The van der Waals surface area contributed by atoms with Crippen LogP contribution in [0.4, 0.5) is 0 Å². The molecule has 1 aromatic rings. The van der Waals surface area contributed by atoms with Crippen LogP contribution in [0.5, 0.6) is 0 Å². The topological polar surface area (TPSA) is 52.8 Å². The molecule has 0 saturated carbocycles. The maximum Gasteiger partial charge on any atom is 0.246 e. The molecule has 3 heterocycles. The Morgan fingerprint density at radius 1 is 1.10 bits per heavy atom. The lowest BCUT2D eigenvalue weighted by Crippen LogP contribution is -2.52. The van der Waals surface area contributed by atoms with Crippen LogP contribution in [-0.4, -0.2) is 34.0 Å². The van der Waals surface area contributed by atoms with Gasteiger partial charge < -0.3 is 5.73 Å². The molecule has 0 aromatic heterocycles. The SMILES string of the molecule is NC(=O)C1=CN2C(=CC1)CN1Cc3ccccc3CN2C1. The molecule has 1 amide bonds. The lowest BCUT2D eigenvalue weighted by molar-refractivity contribution is -0.115. The standard InChI is InChI=1S/C16H18N4O/c17-16(21)14-5-6-15-10-18-7-12-3-1-2-4-13(12)8-19(11-18)20(15)9-14/h1-4,6,9H,5,7-8,10-11H2,(H2,17,21). The molecule has 4 rings (SSSR count). The number of allylic oxidation sites excluding steroid dienone is 1. The quantitative estimate of drug-likeness (QED) is 0.839. The normalized spacial score (nSPS) is 27.0. The number of primary amides is 1. The largest absolute Gasteiger partial charge is 0.366 e. The number of rotatable bonds is 1. The number of carbonyl (C=O) groups is 1. The molecule has 3 aliphatic heterocycles. The van der Waals surface area contributed by atoms with Gasteiger partial charge in [0.05, 0.1) is 6.67 Å². The number of benzene rings is 1. The predicted octanol–water partition coefficient (Wildman–Crippen LogP) is 1.15. The summed E-state index contributed by atoms with van der Waals surface area (Å²) in [5.41, 5.74) is 10.1. The van der Waals surface area contributed by atoms with E-state index in [1.807, 2.05) is 6.20 Å². The summed E-state index contributed by atoms with van der Waals surface area (Å²) in [6.07, 6.45) is 4.66. The van der Waals surface area contributed by atoms with Crippen LogP contribution in [0.15, 0.2) is 47.8 Å². The van der Waals surface area contributed by atoms with Crippen molar-refractivity contribution < 1.29 is 4.79 Å². The minimum atomic E-state index is -0.331. The Labute approximate surface area is 123 Å². The Kier molecular flexibility index (Phi) is 2.83. The number of amides is 1. The molecule has 2 unspecified atom stereocenters. The summed E-state index contributed by atoms with van der Waals surface area (Å²) in [6.45, 7) is 3.61. The van der Waals surface area contributed by atoms with Crippen molar-refractivity contribution in [2.24, 2.45) is 5.73 Å². The zero-order valence-corrected chi connectivity index (χ0v) is 11.8. The highest BCUT2D eigenvalue weighted by molar-refractivity contribution is 5.92. The van der Waals surface area contributed by atoms with Gasteiger partial charge >= 0.3 is 0 Å². The molecule has 3 aliphatic rings. The van der Waals surface area contributed by atoms with E-state index in [9.17, 15) is 4.79 Å². The fourth-order valence-electron chi connectivity index (χ4n) is 3.28. The van der Waals surface area contributed by atoms with E-state index in [0.29, 0.717) is 12.0 Å². The summed E-state index contributed by atoms with van der Waals surface area (Å²) in [5.74, 6) is -0.331. The van der Waals surface area contributed by atoms with E-state index in [1.165, 1.54) is 16.8 Å². The first-order valence-electron chi connectivity index (χ1n) is 7.23. The molecule has 1 saturated heterocycles. The monoisotopic (exact) mass is 282 g/mol. The summed E-state index contributed by atoms with van der Waals surface area (Å²) in [7, 11) is 0. The molecule has 0 spiro atoms. The van der Waals surface area contributed by atoms with Gasteiger partial charge in [-0.25, -0.2) is 0 Å². The van der Waals surface area contributed by atoms with Crippen LogP contribution in [0.1, 0.15) is 17.5 Å². The Morgan fingerprint density at radius 3 is 2.62 bits per heavy atom. The first-order valence-corrected chi connectivity index (χ1v) is 7.23. The van der Waals surface area contributed by atoms with Gasteiger partial charge in [0, 0.05) is 37.1 Å². The summed E-state index contributed by atoms with van der Waals surface area (Å²) in [4.78, 5) is 13.9. The molecule has 21 heavy (non-hydrogen) atoms. The molecule has 2 N–H and O–H groups in total. The number of fused-ring (bicyclic) bond motifs is 5. The summed E-state index contributed by atoms with van der Waals surface area (Å²) >= 11 is 0. The first kappa shape index (κ1) is 12.6. The second kappa shape index (κ2) is 4.72. The van der Waals surface area contributed by atoms with Gasteiger partial charge in [0.1, 0.15) is 0 Å². The number of hydrogen-bond donors (Lipinski definition) is 1. The van der Waals surface area contributed by atoms with Crippen LogP contribution in [0.3, 0.4) is 0 Å². The number of hydrogen-bond acceptors (Lipinski definition) is 4. The third-order valence-electron chi connectivity index (χ3n) is 4.37. The van der Waals surface area contributed by atoms with Gasteiger partial charge in [-0.05, 0) is 17.5 Å². The molecule has 0 radical (unpaired) electrons. The maximum absolute atomic E-state index is 11.4. The Balaban J connectivity index is 1.71. The molecule has 2 atom stereocenters. The zero-order chi connectivity index (χ0) is 14.4. The van der Waals surface area contributed by atoms with Gasteiger partial charge in [-0.3, -0.25) is 14.7 Å². The maximum atomic E-state index is 11.4. The second-order valence-corrected chi connectivity index (χ2v) is 5.82. The van der Waals surface area contributed by atoms with Crippen molar-refractivity contribution in [1.29, 1.82) is 0 Å². The van der Waals surface area contributed by atoms with Gasteiger partial charge in [-0.1, -0.05) is 30.3 Å². The molecule has 2 bridgehead atoms. The Morgan fingerprint density at radius 2 is 1.86 bits per heavy atom. The number of nitrogens with two attached hydrogens (primary N) is 1. The second-order valence-electron chi connectivity index (χ2n) is 5.82. The number of hydrazine groups is 1. The molecule has 108 valence electrons. The van der Waals surface area contributed by atoms with E-state index in [4.69, 9.17) is 5.73 Å². The van der Waals surface area contributed by atoms with Crippen LogP contribution in [-0.2, 0) is 17.9 Å². The average Bonchev–Trinajstić information content (AvgIpc) is 2.63. The smallest absolute Gasteiger partial charge is 0.246 e. The van der Waals surface area contributed by atoms with E-state index < -0.39 is 0 Å². The third kappa shape index (κ3) is 2.14. The Hall–Kier alpha value is -2.11. The molecule has 1 fully saturated rings. The predicted molar refractivity (Wildman–Crippen MR) is 79.1 cm³/mol. The van der Waals surface area contributed by atoms with Crippen molar-refractivity contribution >= 4 is 5.91 Å². The van der Waals surface area contributed by atoms with Crippen LogP contribution in [0, 0.1) is 0 Å². The van der Waals surface area contributed by atoms with Crippen molar-refractivity contribution in [2.45, 2.75) is 19.5 Å². The van der Waals surface area contributed by atoms with Crippen molar-refractivity contribution in [1.82, 2.24) is 14.9 Å². The van der Waals surface area contributed by atoms with E-state index in [-0.39, 0.29) is 5.91 Å². The van der Waals surface area contributed by atoms with E-state index in [1.54, 1.807) is 0 Å². The fourth-order valence-corrected chi connectivity index (χ4v) is 3.28. The van der Waals surface area contributed by atoms with Crippen LogP contribution >= 0.6 is 0 Å². The van der Waals surface area contributed by atoms with E-state index >= 15 is 0 Å².